The SMILES string of the molecule is COC(=O)[C@H](Cc1ccccc1)N(Cc1ccc(OC)cc1)C(=O)[C@@H](C)Cl. The van der Waals surface area contributed by atoms with Crippen LogP contribution in [0.5, 0.6) is 5.75 Å². The standard InChI is InChI=1S/C21H24ClNO4/c1-15(22)20(24)23(14-17-9-11-18(26-2)12-10-17)19(21(25)27-3)13-16-7-5-4-6-8-16/h4-12,15,19H,13-14H2,1-3H3/t15-,19+/m1/s1. The summed E-state index contributed by atoms with van der Waals surface area (Å²) < 4.78 is 10.1. The van der Waals surface area contributed by atoms with E-state index in [9.17, 15) is 9.59 Å². The fraction of sp³-hybridized carbons (Fsp3) is 0.333. The summed E-state index contributed by atoms with van der Waals surface area (Å²) in [4.78, 5) is 26.8. The molecule has 0 heterocycles. The first-order valence-electron chi connectivity index (χ1n) is 8.65. The van der Waals surface area contributed by atoms with Crippen LogP contribution < -0.4 is 4.74 Å². The fourth-order valence-electron chi connectivity index (χ4n) is 2.79. The average molecular weight is 390 g/mol. The summed E-state index contributed by atoms with van der Waals surface area (Å²) >= 11 is 6.07. The van der Waals surface area contributed by atoms with E-state index in [1.807, 2.05) is 54.6 Å². The van der Waals surface area contributed by atoms with Crippen LogP contribution in [-0.2, 0) is 27.3 Å². The maximum atomic E-state index is 12.8. The van der Waals surface area contributed by atoms with Gasteiger partial charge in [-0.2, -0.15) is 0 Å². The Morgan fingerprint density at radius 2 is 1.63 bits per heavy atom. The number of halogens is 1. The molecule has 1 amide bonds. The van der Waals surface area contributed by atoms with Crippen LogP contribution in [-0.4, -0.2) is 42.4 Å². The lowest BCUT2D eigenvalue weighted by Gasteiger charge is -2.31. The van der Waals surface area contributed by atoms with Gasteiger partial charge < -0.3 is 14.4 Å². The number of methoxy groups -OCH3 is 2. The molecule has 0 aromatic heterocycles. The van der Waals surface area contributed by atoms with Crippen LogP contribution in [0.3, 0.4) is 0 Å². The van der Waals surface area contributed by atoms with Crippen LogP contribution >= 0.6 is 11.6 Å². The van der Waals surface area contributed by atoms with E-state index in [-0.39, 0.29) is 12.5 Å². The Morgan fingerprint density at radius 1 is 1.00 bits per heavy atom. The lowest BCUT2D eigenvalue weighted by atomic mass is 10.0. The van der Waals surface area contributed by atoms with Crippen molar-refractivity contribution in [3.8, 4) is 5.75 Å². The second-order valence-corrected chi connectivity index (χ2v) is 6.81. The van der Waals surface area contributed by atoms with E-state index in [0.717, 1.165) is 16.9 Å². The number of esters is 1. The van der Waals surface area contributed by atoms with Crippen molar-refractivity contribution in [1.82, 2.24) is 4.90 Å². The van der Waals surface area contributed by atoms with Crippen molar-refractivity contribution in [2.75, 3.05) is 14.2 Å². The Labute approximate surface area is 164 Å². The van der Waals surface area contributed by atoms with Gasteiger partial charge >= 0.3 is 5.97 Å². The van der Waals surface area contributed by atoms with Gasteiger partial charge in [-0.1, -0.05) is 42.5 Å². The second kappa shape index (κ2) is 9.97. The summed E-state index contributed by atoms with van der Waals surface area (Å²) in [6.07, 6.45) is 0.346. The van der Waals surface area contributed by atoms with Crippen LogP contribution in [0.1, 0.15) is 18.1 Å². The Kier molecular flexibility index (Phi) is 7.67. The zero-order valence-corrected chi connectivity index (χ0v) is 16.5. The maximum Gasteiger partial charge on any atom is 0.328 e. The Balaban J connectivity index is 2.34. The van der Waals surface area contributed by atoms with E-state index in [2.05, 4.69) is 0 Å². The van der Waals surface area contributed by atoms with Gasteiger partial charge in [-0.3, -0.25) is 4.79 Å². The molecule has 0 N–H and O–H groups in total. The van der Waals surface area contributed by atoms with Gasteiger partial charge in [-0.05, 0) is 30.2 Å². The molecule has 0 radical (unpaired) electrons. The molecule has 0 saturated heterocycles. The highest BCUT2D eigenvalue weighted by Crippen LogP contribution is 2.19. The summed E-state index contributed by atoms with van der Waals surface area (Å²) in [5.74, 6) is -0.0759. The number of amides is 1. The molecule has 2 rings (SSSR count). The van der Waals surface area contributed by atoms with Gasteiger partial charge in [0.25, 0.3) is 0 Å². The zero-order chi connectivity index (χ0) is 19.8. The van der Waals surface area contributed by atoms with Crippen molar-refractivity contribution in [3.05, 3.63) is 65.7 Å². The smallest absolute Gasteiger partial charge is 0.328 e. The van der Waals surface area contributed by atoms with Crippen LogP contribution in [0.2, 0.25) is 0 Å². The van der Waals surface area contributed by atoms with Crippen LogP contribution in [0.25, 0.3) is 0 Å². The van der Waals surface area contributed by atoms with Gasteiger partial charge in [0.05, 0.1) is 14.2 Å². The molecule has 27 heavy (non-hydrogen) atoms. The van der Waals surface area contributed by atoms with E-state index in [0.29, 0.717) is 6.42 Å². The topological polar surface area (TPSA) is 55.8 Å². The van der Waals surface area contributed by atoms with Crippen molar-refractivity contribution in [1.29, 1.82) is 0 Å². The predicted octanol–water partition coefficient (Wildman–Crippen LogP) is 3.44. The third-order valence-electron chi connectivity index (χ3n) is 4.26. The summed E-state index contributed by atoms with van der Waals surface area (Å²) in [5.41, 5.74) is 1.80. The Bertz CT molecular complexity index is 747. The summed E-state index contributed by atoms with van der Waals surface area (Å²) in [5, 5.41) is -0.758. The average Bonchev–Trinajstić information content (AvgIpc) is 2.70. The Hall–Kier alpha value is -2.53. The molecule has 0 saturated carbocycles. The highest BCUT2D eigenvalue weighted by Gasteiger charge is 2.32. The molecule has 0 aliphatic rings. The number of hydrogen-bond donors (Lipinski definition) is 0. The minimum Gasteiger partial charge on any atom is -0.497 e. The van der Waals surface area contributed by atoms with Gasteiger partial charge in [0.2, 0.25) is 5.91 Å². The second-order valence-electron chi connectivity index (χ2n) is 6.16. The molecule has 2 aromatic carbocycles. The molecular formula is C21H24ClNO4. The van der Waals surface area contributed by atoms with E-state index in [1.165, 1.54) is 12.0 Å². The van der Waals surface area contributed by atoms with Gasteiger partial charge in [-0.25, -0.2) is 4.79 Å². The van der Waals surface area contributed by atoms with E-state index < -0.39 is 17.4 Å². The van der Waals surface area contributed by atoms with Crippen molar-refractivity contribution in [3.63, 3.8) is 0 Å². The summed E-state index contributed by atoms with van der Waals surface area (Å²) in [7, 11) is 2.91. The fourth-order valence-corrected chi connectivity index (χ4v) is 2.92. The van der Waals surface area contributed by atoms with E-state index >= 15 is 0 Å². The third kappa shape index (κ3) is 5.73. The molecule has 2 atom stereocenters. The molecule has 144 valence electrons. The van der Waals surface area contributed by atoms with Crippen molar-refractivity contribution >= 4 is 23.5 Å². The lowest BCUT2D eigenvalue weighted by molar-refractivity contribution is -0.153. The lowest BCUT2D eigenvalue weighted by Crippen LogP contribution is -2.48. The van der Waals surface area contributed by atoms with Gasteiger partial charge in [-0.15, -0.1) is 11.6 Å². The molecule has 0 bridgehead atoms. The van der Waals surface area contributed by atoms with E-state index in [1.54, 1.807) is 14.0 Å². The zero-order valence-electron chi connectivity index (χ0n) is 15.7. The number of ether oxygens (including phenoxy) is 2. The molecular weight excluding hydrogens is 366 g/mol. The van der Waals surface area contributed by atoms with Crippen molar-refractivity contribution in [2.45, 2.75) is 31.3 Å². The molecule has 0 spiro atoms. The largest absolute Gasteiger partial charge is 0.497 e. The molecule has 0 unspecified atom stereocenters. The number of hydrogen-bond acceptors (Lipinski definition) is 4. The molecule has 0 fully saturated rings. The van der Waals surface area contributed by atoms with Crippen LogP contribution in [0.15, 0.2) is 54.6 Å². The number of rotatable bonds is 8. The number of alkyl halides is 1. The molecule has 5 nitrogen and oxygen atoms in total. The molecule has 0 aliphatic carbocycles. The highest BCUT2D eigenvalue weighted by molar-refractivity contribution is 6.30. The molecule has 2 aromatic rings. The monoisotopic (exact) mass is 389 g/mol. The molecule has 6 heteroatoms. The number of carbonyl (C=O) groups is 2. The third-order valence-corrected chi connectivity index (χ3v) is 4.44. The number of benzene rings is 2. The summed E-state index contributed by atoms with van der Waals surface area (Å²) in [6, 6.07) is 16.1. The van der Waals surface area contributed by atoms with Gasteiger partial charge in [0, 0.05) is 13.0 Å². The first kappa shape index (κ1) is 20.8. The van der Waals surface area contributed by atoms with Crippen molar-refractivity contribution in [2.24, 2.45) is 0 Å². The highest BCUT2D eigenvalue weighted by atomic mass is 35.5. The van der Waals surface area contributed by atoms with Gasteiger partial charge in [0.1, 0.15) is 17.2 Å². The quantitative estimate of drug-likeness (QED) is 0.512. The minimum absolute atomic E-state index is 0.243. The first-order valence-corrected chi connectivity index (χ1v) is 9.09. The van der Waals surface area contributed by atoms with Crippen LogP contribution in [0.4, 0.5) is 0 Å². The summed E-state index contributed by atoms with van der Waals surface area (Å²) in [6.45, 7) is 1.84. The minimum atomic E-state index is -0.770. The van der Waals surface area contributed by atoms with Gasteiger partial charge in [0.15, 0.2) is 0 Å². The predicted molar refractivity (Wildman–Crippen MR) is 105 cm³/mol. The Morgan fingerprint density at radius 3 is 2.15 bits per heavy atom. The molecule has 0 aliphatic heterocycles. The number of carbonyl (C=O) groups excluding carboxylic acids is 2. The van der Waals surface area contributed by atoms with Crippen molar-refractivity contribution < 1.29 is 19.1 Å². The van der Waals surface area contributed by atoms with Crippen LogP contribution in [0, 0.1) is 0 Å². The maximum absolute atomic E-state index is 12.8. The first-order chi connectivity index (χ1) is 13.0. The normalized spacial score (nSPS) is 12.7. The number of nitrogens with zero attached hydrogens (tertiary/aromatic N) is 1. The van der Waals surface area contributed by atoms with E-state index in [4.69, 9.17) is 21.1 Å².